The van der Waals surface area contributed by atoms with E-state index in [4.69, 9.17) is 4.42 Å². The van der Waals surface area contributed by atoms with Gasteiger partial charge in [0, 0.05) is 18.7 Å². The number of aryl methyl sites for hydroxylation is 1. The molecule has 0 aliphatic heterocycles. The third kappa shape index (κ3) is 4.48. The Labute approximate surface area is 160 Å². The molecule has 3 aromatic rings. The molecule has 142 valence electrons. The van der Waals surface area contributed by atoms with Crippen molar-refractivity contribution in [1.82, 2.24) is 15.1 Å². The molecule has 2 heterocycles. The number of benzene rings is 1. The van der Waals surface area contributed by atoms with Crippen molar-refractivity contribution in [3.63, 3.8) is 0 Å². The van der Waals surface area contributed by atoms with Crippen molar-refractivity contribution in [2.24, 2.45) is 0 Å². The number of hydrogen-bond donors (Lipinski definition) is 1. The normalized spacial score (nSPS) is 12.1. The Balaban J connectivity index is 1.60. The van der Waals surface area contributed by atoms with Crippen LogP contribution in [0.15, 0.2) is 53.1 Å². The van der Waals surface area contributed by atoms with Crippen LogP contribution in [0.1, 0.15) is 47.5 Å². The molecule has 0 fully saturated rings. The van der Waals surface area contributed by atoms with Crippen molar-refractivity contribution >= 4 is 5.91 Å². The SMILES string of the molecule is CCc1c(C)nn(CCNC(=O)CC(c2ccccc2)c2ccco2)c1C. The maximum Gasteiger partial charge on any atom is 0.221 e. The molecule has 1 amide bonds. The minimum atomic E-state index is -0.0819. The molecule has 1 unspecified atom stereocenters. The molecule has 1 N–H and O–H groups in total. The third-order valence-electron chi connectivity index (χ3n) is 5.01. The van der Waals surface area contributed by atoms with Crippen molar-refractivity contribution in [3.05, 3.63) is 77.0 Å². The zero-order valence-electron chi connectivity index (χ0n) is 16.2. The second-order valence-electron chi connectivity index (χ2n) is 6.76. The number of furan rings is 1. The Morgan fingerprint density at radius 3 is 2.59 bits per heavy atom. The van der Waals surface area contributed by atoms with Crippen molar-refractivity contribution in [1.29, 1.82) is 0 Å². The van der Waals surface area contributed by atoms with Gasteiger partial charge in [-0.3, -0.25) is 9.48 Å². The van der Waals surface area contributed by atoms with E-state index in [1.165, 1.54) is 11.3 Å². The summed E-state index contributed by atoms with van der Waals surface area (Å²) in [5.74, 6) is 0.738. The summed E-state index contributed by atoms with van der Waals surface area (Å²) in [6, 6.07) is 13.8. The van der Waals surface area contributed by atoms with Crippen LogP contribution in [0.5, 0.6) is 0 Å². The zero-order valence-corrected chi connectivity index (χ0v) is 16.2. The molecular weight excluding hydrogens is 338 g/mol. The quantitative estimate of drug-likeness (QED) is 0.656. The fourth-order valence-corrected chi connectivity index (χ4v) is 3.58. The van der Waals surface area contributed by atoms with Crippen molar-refractivity contribution < 1.29 is 9.21 Å². The van der Waals surface area contributed by atoms with Crippen molar-refractivity contribution in [2.45, 2.75) is 46.1 Å². The Hall–Kier alpha value is -2.82. The highest BCUT2D eigenvalue weighted by Crippen LogP contribution is 2.28. The van der Waals surface area contributed by atoms with Gasteiger partial charge < -0.3 is 9.73 Å². The van der Waals surface area contributed by atoms with E-state index >= 15 is 0 Å². The molecule has 2 aromatic heterocycles. The van der Waals surface area contributed by atoms with Gasteiger partial charge in [0.2, 0.25) is 5.91 Å². The summed E-state index contributed by atoms with van der Waals surface area (Å²) in [5.41, 5.74) is 4.63. The van der Waals surface area contributed by atoms with Crippen LogP contribution >= 0.6 is 0 Å². The number of carbonyl (C=O) groups is 1. The lowest BCUT2D eigenvalue weighted by atomic mass is 9.93. The predicted octanol–water partition coefficient (Wildman–Crippen LogP) is 3.99. The van der Waals surface area contributed by atoms with Crippen LogP contribution in [-0.2, 0) is 17.8 Å². The number of carbonyl (C=O) groups excluding carboxylic acids is 1. The lowest BCUT2D eigenvalue weighted by molar-refractivity contribution is -0.121. The van der Waals surface area contributed by atoms with Gasteiger partial charge in [-0.15, -0.1) is 0 Å². The van der Waals surface area contributed by atoms with E-state index < -0.39 is 0 Å². The molecule has 0 aliphatic rings. The first-order chi connectivity index (χ1) is 13.1. The molecule has 0 bridgehead atoms. The smallest absolute Gasteiger partial charge is 0.221 e. The number of aromatic nitrogens is 2. The highest BCUT2D eigenvalue weighted by Gasteiger charge is 2.20. The molecule has 0 radical (unpaired) electrons. The van der Waals surface area contributed by atoms with Crippen LogP contribution in [0, 0.1) is 13.8 Å². The Kier molecular flexibility index (Phi) is 6.12. The maximum absolute atomic E-state index is 12.5. The summed E-state index contributed by atoms with van der Waals surface area (Å²) in [6.45, 7) is 7.50. The van der Waals surface area contributed by atoms with E-state index in [0.29, 0.717) is 19.5 Å². The van der Waals surface area contributed by atoms with Crippen LogP contribution in [-0.4, -0.2) is 22.2 Å². The monoisotopic (exact) mass is 365 g/mol. The van der Waals surface area contributed by atoms with Gasteiger partial charge in [-0.2, -0.15) is 5.10 Å². The Bertz CT molecular complexity index is 867. The second-order valence-corrected chi connectivity index (χ2v) is 6.76. The molecular formula is C22H27N3O2. The molecule has 0 saturated heterocycles. The number of rotatable bonds is 8. The van der Waals surface area contributed by atoms with Gasteiger partial charge in [-0.1, -0.05) is 37.3 Å². The number of nitrogens with one attached hydrogen (secondary N) is 1. The Morgan fingerprint density at radius 1 is 1.19 bits per heavy atom. The average Bonchev–Trinajstić information content (AvgIpc) is 3.29. The molecule has 0 saturated carbocycles. The number of nitrogens with zero attached hydrogens (tertiary/aromatic N) is 2. The largest absolute Gasteiger partial charge is 0.469 e. The summed E-state index contributed by atoms with van der Waals surface area (Å²) in [7, 11) is 0. The topological polar surface area (TPSA) is 60.1 Å². The molecule has 0 spiro atoms. The first-order valence-electron chi connectivity index (χ1n) is 9.48. The number of hydrogen-bond acceptors (Lipinski definition) is 3. The van der Waals surface area contributed by atoms with Crippen LogP contribution in [0.4, 0.5) is 0 Å². The molecule has 5 nitrogen and oxygen atoms in total. The van der Waals surface area contributed by atoms with E-state index in [2.05, 4.69) is 24.3 Å². The minimum absolute atomic E-state index is 0.0116. The summed E-state index contributed by atoms with van der Waals surface area (Å²) in [5, 5.41) is 7.60. The summed E-state index contributed by atoms with van der Waals surface area (Å²) in [6.07, 6.45) is 2.98. The third-order valence-corrected chi connectivity index (χ3v) is 5.01. The number of amides is 1. The van der Waals surface area contributed by atoms with Crippen LogP contribution < -0.4 is 5.32 Å². The predicted molar refractivity (Wildman–Crippen MR) is 106 cm³/mol. The van der Waals surface area contributed by atoms with Gasteiger partial charge in [0.15, 0.2) is 0 Å². The van der Waals surface area contributed by atoms with Gasteiger partial charge in [-0.25, -0.2) is 0 Å². The van der Waals surface area contributed by atoms with E-state index in [-0.39, 0.29) is 11.8 Å². The van der Waals surface area contributed by atoms with Gasteiger partial charge >= 0.3 is 0 Å². The summed E-state index contributed by atoms with van der Waals surface area (Å²) < 4.78 is 7.56. The average molecular weight is 365 g/mol. The van der Waals surface area contributed by atoms with Crippen molar-refractivity contribution in [3.8, 4) is 0 Å². The van der Waals surface area contributed by atoms with Crippen LogP contribution in [0.3, 0.4) is 0 Å². The van der Waals surface area contributed by atoms with Crippen LogP contribution in [0.25, 0.3) is 0 Å². The van der Waals surface area contributed by atoms with Gasteiger partial charge in [0.1, 0.15) is 5.76 Å². The van der Waals surface area contributed by atoms with Crippen LogP contribution in [0.2, 0.25) is 0 Å². The van der Waals surface area contributed by atoms with E-state index in [1.807, 2.05) is 54.1 Å². The molecule has 1 atom stereocenters. The zero-order chi connectivity index (χ0) is 19.2. The standard InChI is InChI=1S/C22H27N3O2/c1-4-19-16(2)24-25(17(19)3)13-12-23-22(26)15-20(21-11-8-14-27-21)18-9-6-5-7-10-18/h5-11,14,20H,4,12-13,15H2,1-3H3,(H,23,26). The molecule has 0 aliphatic carbocycles. The lowest BCUT2D eigenvalue weighted by Crippen LogP contribution is -2.29. The second kappa shape index (κ2) is 8.71. The minimum Gasteiger partial charge on any atom is -0.469 e. The van der Waals surface area contributed by atoms with E-state index in [0.717, 1.165) is 23.4 Å². The summed E-state index contributed by atoms with van der Waals surface area (Å²) in [4.78, 5) is 12.5. The fourth-order valence-electron chi connectivity index (χ4n) is 3.58. The Morgan fingerprint density at radius 2 is 1.96 bits per heavy atom. The molecule has 3 rings (SSSR count). The van der Waals surface area contributed by atoms with Crippen molar-refractivity contribution in [2.75, 3.05) is 6.54 Å². The van der Waals surface area contributed by atoms with E-state index in [9.17, 15) is 4.79 Å². The van der Waals surface area contributed by atoms with Gasteiger partial charge in [0.25, 0.3) is 0 Å². The van der Waals surface area contributed by atoms with Gasteiger partial charge in [-0.05, 0) is 43.5 Å². The molecule has 1 aromatic carbocycles. The molecule has 5 heteroatoms. The van der Waals surface area contributed by atoms with Gasteiger partial charge in [0.05, 0.1) is 24.4 Å². The highest BCUT2D eigenvalue weighted by molar-refractivity contribution is 5.77. The highest BCUT2D eigenvalue weighted by atomic mass is 16.3. The fraction of sp³-hybridized carbons (Fsp3) is 0.364. The maximum atomic E-state index is 12.5. The first kappa shape index (κ1) is 19.0. The molecule has 27 heavy (non-hydrogen) atoms. The first-order valence-corrected chi connectivity index (χ1v) is 9.48. The summed E-state index contributed by atoms with van der Waals surface area (Å²) >= 11 is 0. The van der Waals surface area contributed by atoms with E-state index in [1.54, 1.807) is 6.26 Å². The lowest BCUT2D eigenvalue weighted by Gasteiger charge is -2.15.